The van der Waals surface area contributed by atoms with Crippen LogP contribution < -0.4 is 11.3 Å². The van der Waals surface area contributed by atoms with Crippen LogP contribution in [0.4, 0.5) is 4.79 Å². The van der Waals surface area contributed by atoms with Crippen LogP contribution in [0.15, 0.2) is 4.99 Å². The fraction of sp³-hybridized carbons (Fsp3) is 0.700. The van der Waals surface area contributed by atoms with Crippen LogP contribution in [0, 0.1) is 5.92 Å². The molecule has 1 atom stereocenters. The van der Waals surface area contributed by atoms with Gasteiger partial charge in [0, 0.05) is 12.1 Å². The van der Waals surface area contributed by atoms with Crippen LogP contribution in [0.3, 0.4) is 0 Å². The quantitative estimate of drug-likeness (QED) is 0.327. The van der Waals surface area contributed by atoms with Gasteiger partial charge in [0.1, 0.15) is 5.60 Å². The zero-order valence-corrected chi connectivity index (χ0v) is 10.1. The van der Waals surface area contributed by atoms with Crippen LogP contribution >= 0.6 is 0 Å². The van der Waals surface area contributed by atoms with Crippen molar-refractivity contribution in [2.75, 3.05) is 0 Å². The number of hydrogen-bond acceptors (Lipinski definition) is 4. The fourth-order valence-corrected chi connectivity index (χ4v) is 0.823. The van der Waals surface area contributed by atoms with E-state index in [-0.39, 0.29) is 11.8 Å². The maximum Gasteiger partial charge on any atom is 0.433 e. The van der Waals surface area contributed by atoms with Gasteiger partial charge < -0.3 is 4.74 Å². The van der Waals surface area contributed by atoms with Crippen LogP contribution in [0.5, 0.6) is 0 Å². The Hall–Kier alpha value is -1.43. The van der Waals surface area contributed by atoms with Gasteiger partial charge in [-0.1, -0.05) is 6.92 Å². The third-order valence-electron chi connectivity index (χ3n) is 1.64. The standard InChI is InChI=1S/C10H19N3O3/c1-7(8(14)13-11)5-6-12-9(15)16-10(2,3)4/h6-7H,5,11H2,1-4H3,(H,13,14)/t7-/m1/s1. The Bertz CT molecular complexity index is 282. The highest BCUT2D eigenvalue weighted by atomic mass is 16.6. The summed E-state index contributed by atoms with van der Waals surface area (Å²) in [4.78, 5) is 25.7. The molecular formula is C10H19N3O3. The first-order valence-corrected chi connectivity index (χ1v) is 5.02. The molecule has 0 aliphatic rings. The second kappa shape index (κ2) is 6.22. The second-order valence-corrected chi connectivity index (χ2v) is 4.44. The summed E-state index contributed by atoms with van der Waals surface area (Å²) in [5.74, 6) is 4.33. The van der Waals surface area contributed by atoms with Crippen LogP contribution in [-0.2, 0) is 9.53 Å². The number of nitrogens with two attached hydrogens (primary N) is 1. The Balaban J connectivity index is 4.02. The number of ether oxygens (including phenoxy) is 1. The Kier molecular flexibility index (Phi) is 5.66. The number of hydrazine groups is 1. The highest BCUT2D eigenvalue weighted by molar-refractivity contribution is 5.84. The van der Waals surface area contributed by atoms with Gasteiger partial charge in [-0.05, 0) is 27.2 Å². The number of carbonyl (C=O) groups excluding carboxylic acids is 2. The molecule has 0 rings (SSSR count). The minimum atomic E-state index is -0.659. The maximum absolute atomic E-state index is 11.1. The molecule has 0 radical (unpaired) electrons. The summed E-state index contributed by atoms with van der Waals surface area (Å²) in [6.45, 7) is 6.95. The molecule has 0 aliphatic heterocycles. The lowest BCUT2D eigenvalue weighted by Crippen LogP contribution is -2.34. The van der Waals surface area contributed by atoms with Gasteiger partial charge >= 0.3 is 6.09 Å². The fourth-order valence-electron chi connectivity index (χ4n) is 0.823. The van der Waals surface area contributed by atoms with Crippen molar-refractivity contribution < 1.29 is 14.3 Å². The summed E-state index contributed by atoms with van der Waals surface area (Å²) in [5, 5.41) is 0. The number of nitrogens with zero attached hydrogens (tertiary/aromatic N) is 1. The first-order chi connectivity index (χ1) is 7.26. The van der Waals surface area contributed by atoms with E-state index in [1.165, 1.54) is 6.21 Å². The van der Waals surface area contributed by atoms with Gasteiger partial charge in [-0.3, -0.25) is 10.2 Å². The third kappa shape index (κ3) is 6.94. The molecule has 92 valence electrons. The first-order valence-electron chi connectivity index (χ1n) is 5.02. The van der Waals surface area contributed by atoms with E-state index in [9.17, 15) is 9.59 Å². The number of hydrogen-bond donors (Lipinski definition) is 2. The Labute approximate surface area is 95.2 Å². The summed E-state index contributed by atoms with van der Waals surface area (Å²) in [5.41, 5.74) is 1.46. The Morgan fingerprint density at radius 2 is 2.06 bits per heavy atom. The summed E-state index contributed by atoms with van der Waals surface area (Å²) >= 11 is 0. The minimum Gasteiger partial charge on any atom is -0.442 e. The first kappa shape index (κ1) is 14.6. The molecule has 0 heterocycles. The van der Waals surface area contributed by atoms with Gasteiger partial charge in [-0.2, -0.15) is 4.99 Å². The van der Waals surface area contributed by atoms with Crippen LogP contribution in [-0.4, -0.2) is 23.8 Å². The molecule has 0 spiro atoms. The lowest BCUT2D eigenvalue weighted by atomic mass is 10.1. The average Bonchev–Trinajstić information content (AvgIpc) is 2.13. The van der Waals surface area contributed by atoms with Crippen molar-refractivity contribution in [2.45, 2.75) is 39.7 Å². The van der Waals surface area contributed by atoms with Crippen molar-refractivity contribution in [2.24, 2.45) is 16.8 Å². The van der Waals surface area contributed by atoms with E-state index in [2.05, 4.69) is 4.99 Å². The number of carbonyl (C=O) groups is 2. The molecular weight excluding hydrogens is 210 g/mol. The molecule has 0 unspecified atom stereocenters. The minimum absolute atomic E-state index is 0.296. The SMILES string of the molecule is C[C@H](CC=NC(=O)OC(C)(C)C)C(=O)NN. The van der Waals surface area contributed by atoms with E-state index < -0.39 is 11.7 Å². The number of aliphatic imine (C=N–C) groups is 1. The third-order valence-corrected chi connectivity index (χ3v) is 1.64. The summed E-state index contributed by atoms with van der Waals surface area (Å²) in [6, 6.07) is 0. The molecule has 0 saturated carbocycles. The molecule has 3 N–H and O–H groups in total. The van der Waals surface area contributed by atoms with E-state index in [0.29, 0.717) is 6.42 Å². The molecule has 6 nitrogen and oxygen atoms in total. The van der Waals surface area contributed by atoms with E-state index in [4.69, 9.17) is 10.6 Å². The largest absolute Gasteiger partial charge is 0.442 e. The zero-order valence-electron chi connectivity index (χ0n) is 10.1. The smallest absolute Gasteiger partial charge is 0.433 e. The van der Waals surface area contributed by atoms with E-state index in [1.54, 1.807) is 27.7 Å². The number of nitrogens with one attached hydrogen (secondary N) is 1. The van der Waals surface area contributed by atoms with Crippen molar-refractivity contribution in [3.8, 4) is 0 Å². The molecule has 0 fully saturated rings. The molecule has 0 saturated heterocycles. The Morgan fingerprint density at radius 3 is 2.50 bits per heavy atom. The average molecular weight is 229 g/mol. The molecule has 0 bridgehead atoms. The highest BCUT2D eigenvalue weighted by Gasteiger charge is 2.15. The molecule has 0 aromatic rings. The van der Waals surface area contributed by atoms with Gasteiger partial charge in [0.15, 0.2) is 0 Å². The topological polar surface area (TPSA) is 93.8 Å². The van der Waals surface area contributed by atoms with E-state index in [1.807, 2.05) is 5.43 Å². The summed E-state index contributed by atoms with van der Waals surface area (Å²) < 4.78 is 4.94. The van der Waals surface area contributed by atoms with Gasteiger partial charge in [0.05, 0.1) is 0 Å². The number of rotatable bonds is 3. The molecule has 16 heavy (non-hydrogen) atoms. The monoisotopic (exact) mass is 229 g/mol. The predicted octanol–water partition coefficient (Wildman–Crippen LogP) is 1.01. The summed E-state index contributed by atoms with van der Waals surface area (Å²) in [6.07, 6.45) is 1.03. The molecule has 0 aromatic carbocycles. The van der Waals surface area contributed by atoms with E-state index >= 15 is 0 Å². The normalized spacial score (nSPS) is 13.6. The zero-order chi connectivity index (χ0) is 12.8. The lowest BCUT2D eigenvalue weighted by molar-refractivity contribution is -0.124. The molecule has 0 aromatic heterocycles. The van der Waals surface area contributed by atoms with Gasteiger partial charge in [-0.25, -0.2) is 10.6 Å². The van der Waals surface area contributed by atoms with E-state index in [0.717, 1.165) is 0 Å². The predicted molar refractivity (Wildman–Crippen MR) is 60.8 cm³/mol. The molecule has 2 amide bonds. The highest BCUT2D eigenvalue weighted by Crippen LogP contribution is 2.08. The maximum atomic E-state index is 11.1. The van der Waals surface area contributed by atoms with Gasteiger partial charge in [-0.15, -0.1) is 0 Å². The van der Waals surface area contributed by atoms with Gasteiger partial charge in [0.25, 0.3) is 0 Å². The van der Waals surface area contributed by atoms with Crippen molar-refractivity contribution in [1.29, 1.82) is 0 Å². The van der Waals surface area contributed by atoms with Gasteiger partial charge in [0.2, 0.25) is 5.91 Å². The van der Waals surface area contributed by atoms with Crippen molar-refractivity contribution in [3.05, 3.63) is 0 Å². The lowest BCUT2D eigenvalue weighted by Gasteiger charge is -2.17. The molecule has 0 aliphatic carbocycles. The van der Waals surface area contributed by atoms with Crippen molar-refractivity contribution >= 4 is 18.2 Å². The van der Waals surface area contributed by atoms with Crippen LogP contribution in [0.25, 0.3) is 0 Å². The van der Waals surface area contributed by atoms with Crippen LogP contribution in [0.2, 0.25) is 0 Å². The number of amides is 2. The van der Waals surface area contributed by atoms with Crippen molar-refractivity contribution in [3.63, 3.8) is 0 Å². The van der Waals surface area contributed by atoms with Crippen molar-refractivity contribution in [1.82, 2.24) is 5.43 Å². The Morgan fingerprint density at radius 1 is 1.50 bits per heavy atom. The van der Waals surface area contributed by atoms with Crippen LogP contribution in [0.1, 0.15) is 34.1 Å². The summed E-state index contributed by atoms with van der Waals surface area (Å²) in [7, 11) is 0. The molecule has 6 heteroatoms. The second-order valence-electron chi connectivity index (χ2n) is 4.44.